The maximum absolute atomic E-state index is 10.9. The van der Waals surface area contributed by atoms with Crippen LogP contribution in [-0.4, -0.2) is 11.8 Å². The Hall–Kier alpha value is -1.40. The van der Waals surface area contributed by atoms with Crippen LogP contribution in [-0.2, 0) is 16.1 Å². The Morgan fingerprint density at radius 3 is 2.77 bits per heavy atom. The molecule has 0 saturated carbocycles. The molecule has 6 heteroatoms. The SMILES string of the molecule is NNC(=O)C(=O)NCc1cccs1. The average Bonchev–Trinajstić information content (AvgIpc) is 2.65. The number of nitrogens with one attached hydrogen (secondary N) is 2. The van der Waals surface area contributed by atoms with E-state index in [1.807, 2.05) is 17.5 Å². The number of hydrogen-bond donors (Lipinski definition) is 3. The summed E-state index contributed by atoms with van der Waals surface area (Å²) >= 11 is 1.51. The lowest BCUT2D eigenvalue weighted by molar-refractivity contribution is -0.139. The van der Waals surface area contributed by atoms with Crippen molar-refractivity contribution in [3.05, 3.63) is 22.4 Å². The van der Waals surface area contributed by atoms with Crippen molar-refractivity contribution >= 4 is 23.2 Å². The van der Waals surface area contributed by atoms with Crippen LogP contribution < -0.4 is 16.6 Å². The first-order valence-corrected chi connectivity index (χ1v) is 4.43. The molecule has 0 bridgehead atoms. The van der Waals surface area contributed by atoms with Crippen LogP contribution in [0.4, 0.5) is 0 Å². The molecule has 1 rings (SSSR count). The van der Waals surface area contributed by atoms with Gasteiger partial charge < -0.3 is 5.32 Å². The molecule has 1 aromatic rings. The fraction of sp³-hybridized carbons (Fsp3) is 0.143. The Bertz CT molecular complexity index is 297. The highest BCUT2D eigenvalue weighted by molar-refractivity contribution is 7.09. The topological polar surface area (TPSA) is 84.2 Å². The molecule has 13 heavy (non-hydrogen) atoms. The van der Waals surface area contributed by atoms with Gasteiger partial charge in [-0.1, -0.05) is 6.07 Å². The van der Waals surface area contributed by atoms with Gasteiger partial charge in [-0.15, -0.1) is 11.3 Å². The Kier molecular flexibility index (Phi) is 3.41. The number of nitrogens with two attached hydrogens (primary N) is 1. The Balaban J connectivity index is 2.35. The van der Waals surface area contributed by atoms with E-state index in [0.29, 0.717) is 6.54 Å². The fourth-order valence-electron chi connectivity index (χ4n) is 0.726. The van der Waals surface area contributed by atoms with Gasteiger partial charge in [-0.05, 0) is 11.4 Å². The number of carbonyl (C=O) groups excluding carboxylic acids is 2. The van der Waals surface area contributed by atoms with E-state index in [1.165, 1.54) is 11.3 Å². The summed E-state index contributed by atoms with van der Waals surface area (Å²) in [5.74, 6) is 3.20. The second-order valence-electron chi connectivity index (χ2n) is 2.24. The zero-order valence-electron chi connectivity index (χ0n) is 6.74. The Morgan fingerprint density at radius 2 is 2.23 bits per heavy atom. The molecular formula is C7H9N3O2S. The third-order valence-electron chi connectivity index (χ3n) is 1.34. The number of amides is 2. The zero-order chi connectivity index (χ0) is 9.68. The number of rotatable bonds is 2. The molecule has 1 aromatic heterocycles. The van der Waals surface area contributed by atoms with Gasteiger partial charge in [-0.2, -0.15) is 0 Å². The first kappa shape index (κ1) is 9.69. The summed E-state index contributed by atoms with van der Waals surface area (Å²) < 4.78 is 0. The summed E-state index contributed by atoms with van der Waals surface area (Å²) in [5.41, 5.74) is 1.75. The molecule has 1 heterocycles. The molecule has 4 N–H and O–H groups in total. The highest BCUT2D eigenvalue weighted by atomic mass is 32.1. The molecule has 0 fully saturated rings. The predicted octanol–water partition coefficient (Wildman–Crippen LogP) is -0.646. The number of hydrogen-bond acceptors (Lipinski definition) is 4. The maximum Gasteiger partial charge on any atom is 0.323 e. The molecule has 0 radical (unpaired) electrons. The smallest absolute Gasteiger partial charge is 0.323 e. The van der Waals surface area contributed by atoms with Crippen LogP contribution in [0.15, 0.2) is 17.5 Å². The van der Waals surface area contributed by atoms with E-state index in [2.05, 4.69) is 5.32 Å². The molecule has 5 nitrogen and oxygen atoms in total. The van der Waals surface area contributed by atoms with E-state index in [0.717, 1.165) is 4.88 Å². The Morgan fingerprint density at radius 1 is 1.46 bits per heavy atom. The minimum absolute atomic E-state index is 0.351. The molecule has 0 atom stereocenters. The molecule has 0 aromatic carbocycles. The van der Waals surface area contributed by atoms with Crippen molar-refractivity contribution in [3.8, 4) is 0 Å². The van der Waals surface area contributed by atoms with Crippen LogP contribution in [0, 0.1) is 0 Å². The molecular weight excluding hydrogens is 190 g/mol. The van der Waals surface area contributed by atoms with Crippen molar-refractivity contribution in [2.45, 2.75) is 6.54 Å². The van der Waals surface area contributed by atoms with Crippen molar-refractivity contribution in [1.82, 2.24) is 10.7 Å². The fourth-order valence-corrected chi connectivity index (χ4v) is 1.37. The van der Waals surface area contributed by atoms with E-state index in [-0.39, 0.29) is 0 Å². The second-order valence-corrected chi connectivity index (χ2v) is 3.27. The minimum atomic E-state index is -0.837. The van der Waals surface area contributed by atoms with Crippen LogP contribution in [0.25, 0.3) is 0 Å². The van der Waals surface area contributed by atoms with Gasteiger partial charge in [0.2, 0.25) is 0 Å². The normalized spacial score (nSPS) is 9.31. The lowest BCUT2D eigenvalue weighted by atomic mass is 10.4. The van der Waals surface area contributed by atoms with E-state index in [9.17, 15) is 9.59 Å². The van der Waals surface area contributed by atoms with Crippen molar-refractivity contribution in [1.29, 1.82) is 0 Å². The Labute approximate surface area is 78.9 Å². The largest absolute Gasteiger partial charge is 0.343 e. The third kappa shape index (κ3) is 2.85. The molecule has 0 aliphatic carbocycles. The molecule has 0 saturated heterocycles. The van der Waals surface area contributed by atoms with E-state index < -0.39 is 11.8 Å². The lowest BCUT2D eigenvalue weighted by Crippen LogP contribution is -2.42. The summed E-state index contributed by atoms with van der Waals surface area (Å²) in [4.78, 5) is 22.5. The maximum atomic E-state index is 10.9. The second kappa shape index (κ2) is 4.58. The van der Waals surface area contributed by atoms with Gasteiger partial charge >= 0.3 is 11.8 Å². The van der Waals surface area contributed by atoms with Crippen LogP contribution in [0.3, 0.4) is 0 Å². The zero-order valence-corrected chi connectivity index (χ0v) is 7.56. The molecule has 0 unspecified atom stereocenters. The van der Waals surface area contributed by atoms with Gasteiger partial charge in [0.25, 0.3) is 0 Å². The average molecular weight is 199 g/mol. The van der Waals surface area contributed by atoms with E-state index >= 15 is 0 Å². The first-order valence-electron chi connectivity index (χ1n) is 3.55. The van der Waals surface area contributed by atoms with Gasteiger partial charge in [0.1, 0.15) is 0 Å². The van der Waals surface area contributed by atoms with Crippen LogP contribution >= 0.6 is 11.3 Å². The summed E-state index contributed by atoms with van der Waals surface area (Å²) in [6.07, 6.45) is 0. The predicted molar refractivity (Wildman–Crippen MR) is 48.5 cm³/mol. The van der Waals surface area contributed by atoms with E-state index in [1.54, 1.807) is 5.43 Å². The van der Waals surface area contributed by atoms with Crippen LogP contribution in [0.5, 0.6) is 0 Å². The van der Waals surface area contributed by atoms with Crippen LogP contribution in [0.1, 0.15) is 4.88 Å². The molecule has 0 aliphatic rings. The standard InChI is InChI=1S/C7H9N3O2S/c8-10-7(12)6(11)9-4-5-2-1-3-13-5/h1-3H,4,8H2,(H,9,11)(H,10,12). The minimum Gasteiger partial charge on any atom is -0.343 e. The number of carbonyl (C=O) groups is 2. The first-order chi connectivity index (χ1) is 6.24. The molecule has 70 valence electrons. The molecule has 0 spiro atoms. The van der Waals surface area contributed by atoms with E-state index in [4.69, 9.17) is 5.84 Å². The van der Waals surface area contributed by atoms with Gasteiger partial charge in [0.05, 0.1) is 6.54 Å². The monoisotopic (exact) mass is 199 g/mol. The van der Waals surface area contributed by atoms with Gasteiger partial charge in [0.15, 0.2) is 0 Å². The van der Waals surface area contributed by atoms with Gasteiger partial charge in [-0.3, -0.25) is 15.0 Å². The summed E-state index contributed by atoms with van der Waals surface area (Å²) in [5, 5.41) is 4.31. The summed E-state index contributed by atoms with van der Waals surface area (Å²) in [6, 6.07) is 3.74. The summed E-state index contributed by atoms with van der Waals surface area (Å²) in [6.45, 7) is 0.351. The quantitative estimate of drug-likeness (QED) is 0.256. The van der Waals surface area contributed by atoms with Crippen LogP contribution in [0.2, 0.25) is 0 Å². The molecule has 0 aliphatic heterocycles. The van der Waals surface area contributed by atoms with Crippen molar-refractivity contribution < 1.29 is 9.59 Å². The lowest BCUT2D eigenvalue weighted by Gasteiger charge is -2.00. The van der Waals surface area contributed by atoms with Crippen molar-refractivity contribution in [3.63, 3.8) is 0 Å². The highest BCUT2D eigenvalue weighted by Gasteiger charge is 2.10. The number of thiophene rings is 1. The molecule has 2 amide bonds. The van der Waals surface area contributed by atoms with Crippen molar-refractivity contribution in [2.24, 2.45) is 5.84 Å². The summed E-state index contributed by atoms with van der Waals surface area (Å²) in [7, 11) is 0. The highest BCUT2D eigenvalue weighted by Crippen LogP contribution is 2.06. The number of hydrazine groups is 1. The third-order valence-corrected chi connectivity index (χ3v) is 2.22. The van der Waals surface area contributed by atoms with Crippen molar-refractivity contribution in [2.75, 3.05) is 0 Å². The van der Waals surface area contributed by atoms with Gasteiger partial charge in [0, 0.05) is 4.88 Å². The van der Waals surface area contributed by atoms with Gasteiger partial charge in [-0.25, -0.2) is 5.84 Å².